The van der Waals surface area contributed by atoms with Crippen LogP contribution in [0.15, 0.2) is 33.8 Å². The van der Waals surface area contributed by atoms with Gasteiger partial charge in [-0.3, -0.25) is 0 Å². The molecule has 0 atom stereocenters. The van der Waals surface area contributed by atoms with Gasteiger partial charge in [-0.05, 0) is 0 Å². The van der Waals surface area contributed by atoms with Crippen molar-refractivity contribution in [2.45, 2.75) is 51.4 Å². The molecule has 0 unspecified atom stereocenters. The third-order valence-corrected chi connectivity index (χ3v) is 3.33. The Balaban J connectivity index is 4.34. The number of hydrogen-bond acceptors (Lipinski definition) is 1. The lowest BCUT2D eigenvalue weighted by molar-refractivity contribution is -0.136. The first kappa shape index (κ1) is 23.2. The molecule has 1 aliphatic rings. The Hall–Kier alpha value is -1.82. The van der Waals surface area contributed by atoms with Crippen LogP contribution in [0.25, 0.3) is 0 Å². The summed E-state index contributed by atoms with van der Waals surface area (Å²) in [5.41, 5.74) is -12.8. The maximum Gasteiger partial charge on any atom is 0.420 e. The molecule has 0 aromatic carbocycles. The second kappa shape index (κ2) is 6.97. The van der Waals surface area contributed by atoms with Crippen LogP contribution in [0.3, 0.4) is 0 Å². The Bertz CT molecular complexity index is 621. The molecule has 1 heterocycles. The van der Waals surface area contributed by atoms with Crippen LogP contribution in [0.2, 0.25) is 0 Å². The van der Waals surface area contributed by atoms with Gasteiger partial charge in [-0.15, -0.1) is 0 Å². The van der Waals surface area contributed by atoms with Gasteiger partial charge in [0.2, 0.25) is 0 Å². The number of ether oxygens (including phenoxy) is 1. The van der Waals surface area contributed by atoms with E-state index < -0.39 is 71.4 Å². The Morgan fingerprint density at radius 1 is 0.481 bits per heavy atom. The molecular weight excluding hydrogens is 412 g/mol. The van der Waals surface area contributed by atoms with Gasteiger partial charge in [0.1, 0.15) is 22.7 Å². The number of alkyl halides is 12. The molecule has 0 radical (unpaired) electrons. The van der Waals surface area contributed by atoms with Gasteiger partial charge in [0.25, 0.3) is 0 Å². The molecule has 1 nitrogen and oxygen atoms in total. The van der Waals surface area contributed by atoms with Crippen LogP contribution in [-0.2, 0) is 4.74 Å². The number of allylic oxidation sites excluding steroid dienone is 6. The average molecular weight is 422 g/mol. The zero-order valence-corrected chi connectivity index (χ0v) is 13.4. The normalized spacial score (nSPS) is 18.1. The van der Waals surface area contributed by atoms with Crippen molar-refractivity contribution >= 4 is 0 Å². The highest BCUT2D eigenvalue weighted by molar-refractivity contribution is 5.56. The van der Waals surface area contributed by atoms with Gasteiger partial charge in [-0.25, -0.2) is 0 Å². The largest absolute Gasteiger partial charge is 0.465 e. The van der Waals surface area contributed by atoms with E-state index in [2.05, 4.69) is 4.74 Å². The van der Waals surface area contributed by atoms with Gasteiger partial charge in [0.15, 0.2) is 0 Å². The fourth-order valence-electron chi connectivity index (χ4n) is 2.44. The lowest BCUT2D eigenvalue weighted by atomic mass is 9.91. The molecule has 0 saturated carbocycles. The minimum absolute atomic E-state index is 0.800. The minimum Gasteiger partial charge on any atom is -0.465 e. The predicted molar refractivity (Wildman–Crippen MR) is 67.0 cm³/mol. The number of rotatable bonds is 2. The van der Waals surface area contributed by atoms with Crippen molar-refractivity contribution in [1.82, 2.24) is 0 Å². The zero-order chi connectivity index (χ0) is 21.6. The van der Waals surface area contributed by atoms with Crippen LogP contribution in [0.1, 0.15) is 26.7 Å². The van der Waals surface area contributed by atoms with Gasteiger partial charge in [0, 0.05) is 12.8 Å². The van der Waals surface area contributed by atoms with E-state index >= 15 is 0 Å². The molecule has 0 bridgehead atoms. The van der Waals surface area contributed by atoms with Crippen LogP contribution in [0, 0.1) is 0 Å². The van der Waals surface area contributed by atoms with E-state index in [4.69, 9.17) is 0 Å². The molecule has 0 aromatic heterocycles. The molecule has 0 spiro atoms. The van der Waals surface area contributed by atoms with Crippen LogP contribution >= 0.6 is 0 Å². The van der Waals surface area contributed by atoms with Crippen molar-refractivity contribution in [2.75, 3.05) is 0 Å². The molecule has 1 rings (SSSR count). The van der Waals surface area contributed by atoms with Crippen molar-refractivity contribution in [3.8, 4) is 0 Å². The Kier molecular flexibility index (Phi) is 5.99. The van der Waals surface area contributed by atoms with Crippen LogP contribution in [0.4, 0.5) is 52.7 Å². The van der Waals surface area contributed by atoms with Crippen LogP contribution in [-0.4, -0.2) is 24.7 Å². The van der Waals surface area contributed by atoms with Gasteiger partial charge in [-0.1, -0.05) is 13.8 Å². The Morgan fingerprint density at radius 2 is 0.704 bits per heavy atom. The summed E-state index contributed by atoms with van der Waals surface area (Å²) >= 11 is 0. The van der Waals surface area contributed by atoms with Crippen molar-refractivity contribution in [3.05, 3.63) is 33.8 Å². The van der Waals surface area contributed by atoms with Crippen molar-refractivity contribution < 1.29 is 57.4 Å². The SMILES string of the molecule is CCC1=C(C(F)(F)F)C(C(F)(F)F)=C(C(F)(F)F)C(C(F)(F)F)=C(CC)O1. The number of halogens is 12. The summed E-state index contributed by atoms with van der Waals surface area (Å²) in [4.78, 5) is 0. The first-order valence-electron chi connectivity index (χ1n) is 7.05. The maximum atomic E-state index is 13.2. The highest BCUT2D eigenvalue weighted by Gasteiger charge is 2.60. The molecule has 0 aliphatic carbocycles. The molecular formula is C14H10F12O. The van der Waals surface area contributed by atoms with E-state index in [1.165, 1.54) is 0 Å². The first-order valence-corrected chi connectivity index (χ1v) is 7.05. The van der Waals surface area contributed by atoms with E-state index in [1.807, 2.05) is 0 Å². The standard InChI is InChI=1S/C14H10F12O/c1-3-5-7(11(15,16)17)9(13(21,22)23)10(14(24,25)26)8(12(18,19)20)6(4-2)27-5/h3-4H2,1-2H3. The van der Waals surface area contributed by atoms with Gasteiger partial charge in [0.05, 0.1) is 11.1 Å². The Morgan fingerprint density at radius 3 is 0.852 bits per heavy atom. The summed E-state index contributed by atoms with van der Waals surface area (Å²) < 4.78 is 163. The summed E-state index contributed by atoms with van der Waals surface area (Å²) in [5, 5.41) is 0. The quantitative estimate of drug-likeness (QED) is 0.441. The molecule has 0 aromatic rings. The summed E-state index contributed by atoms with van der Waals surface area (Å²) in [6.07, 6.45) is -27.0. The molecule has 27 heavy (non-hydrogen) atoms. The second-order valence-electron chi connectivity index (χ2n) is 5.15. The topological polar surface area (TPSA) is 9.23 Å². The summed E-state index contributed by atoms with van der Waals surface area (Å²) in [7, 11) is 0. The fraction of sp³-hybridized carbons (Fsp3) is 0.571. The van der Waals surface area contributed by atoms with Gasteiger partial charge < -0.3 is 4.74 Å². The molecule has 0 fully saturated rings. The minimum atomic E-state index is -6.40. The third-order valence-electron chi connectivity index (χ3n) is 3.33. The van der Waals surface area contributed by atoms with E-state index in [9.17, 15) is 52.7 Å². The van der Waals surface area contributed by atoms with Gasteiger partial charge >= 0.3 is 24.7 Å². The van der Waals surface area contributed by atoms with E-state index in [0.29, 0.717) is 0 Å². The molecule has 13 heteroatoms. The molecule has 0 amide bonds. The maximum absolute atomic E-state index is 13.2. The second-order valence-corrected chi connectivity index (χ2v) is 5.15. The lowest BCUT2D eigenvalue weighted by Crippen LogP contribution is -2.32. The molecule has 0 N–H and O–H groups in total. The summed E-state index contributed by atoms with van der Waals surface area (Å²) in [6.45, 7) is 1.60. The van der Waals surface area contributed by atoms with E-state index in [-0.39, 0.29) is 0 Å². The van der Waals surface area contributed by atoms with E-state index in [0.717, 1.165) is 13.8 Å². The average Bonchev–Trinajstić information content (AvgIpc) is 2.58. The van der Waals surface area contributed by atoms with E-state index in [1.54, 1.807) is 0 Å². The number of hydrogen-bond donors (Lipinski definition) is 0. The van der Waals surface area contributed by atoms with Crippen LogP contribution < -0.4 is 0 Å². The van der Waals surface area contributed by atoms with Crippen molar-refractivity contribution in [2.24, 2.45) is 0 Å². The molecule has 156 valence electrons. The summed E-state index contributed by atoms with van der Waals surface area (Å²) in [6, 6.07) is 0. The van der Waals surface area contributed by atoms with Crippen molar-refractivity contribution in [1.29, 1.82) is 0 Å². The highest BCUT2D eigenvalue weighted by Crippen LogP contribution is 2.54. The summed E-state index contributed by atoms with van der Waals surface area (Å²) in [5.74, 6) is -3.37. The molecule has 1 aliphatic heterocycles. The zero-order valence-electron chi connectivity index (χ0n) is 13.4. The lowest BCUT2D eigenvalue weighted by Gasteiger charge is -2.24. The molecule has 0 saturated heterocycles. The smallest absolute Gasteiger partial charge is 0.420 e. The fourth-order valence-corrected chi connectivity index (χ4v) is 2.44. The first-order chi connectivity index (χ1) is 11.9. The third kappa shape index (κ3) is 4.72. The predicted octanol–water partition coefficient (Wildman–Crippen LogP) is 6.89. The monoisotopic (exact) mass is 422 g/mol. The Labute approximate surface area is 144 Å². The van der Waals surface area contributed by atoms with Crippen molar-refractivity contribution in [3.63, 3.8) is 0 Å². The van der Waals surface area contributed by atoms with Crippen LogP contribution in [0.5, 0.6) is 0 Å². The highest BCUT2D eigenvalue weighted by atomic mass is 19.4. The van der Waals surface area contributed by atoms with Gasteiger partial charge in [-0.2, -0.15) is 52.7 Å².